The Morgan fingerprint density at radius 3 is 1.92 bits per heavy atom. The van der Waals surface area contributed by atoms with E-state index in [1.54, 1.807) is 12.1 Å². The van der Waals surface area contributed by atoms with Crippen molar-refractivity contribution in [2.45, 2.75) is 95.4 Å². The van der Waals surface area contributed by atoms with Crippen LogP contribution in [0.2, 0.25) is 0 Å². The molecule has 3 N–H and O–H groups in total. The van der Waals surface area contributed by atoms with Crippen LogP contribution >= 0.6 is 12.2 Å². The molecule has 8 heteroatoms. The molecule has 0 heterocycles. The van der Waals surface area contributed by atoms with Crippen molar-refractivity contribution in [3.05, 3.63) is 60.2 Å². The van der Waals surface area contributed by atoms with Gasteiger partial charge in [-0.15, -0.1) is 0 Å². The fourth-order valence-corrected chi connectivity index (χ4v) is 5.13. The van der Waals surface area contributed by atoms with E-state index in [4.69, 9.17) is 12.2 Å². The van der Waals surface area contributed by atoms with Gasteiger partial charge < -0.3 is 10.6 Å². The molecule has 0 aliphatic heterocycles. The highest BCUT2D eigenvalue weighted by Gasteiger charge is 2.14. The van der Waals surface area contributed by atoms with Crippen molar-refractivity contribution in [2.24, 2.45) is 0 Å². The number of rotatable bonds is 17. The first-order valence-electron chi connectivity index (χ1n) is 13.1. The molecule has 36 heavy (non-hydrogen) atoms. The van der Waals surface area contributed by atoms with E-state index in [0.717, 1.165) is 18.4 Å². The van der Waals surface area contributed by atoms with Crippen molar-refractivity contribution < 1.29 is 13.2 Å². The van der Waals surface area contributed by atoms with Crippen molar-refractivity contribution in [3.63, 3.8) is 0 Å². The fourth-order valence-electron chi connectivity index (χ4n) is 3.88. The molecule has 0 aliphatic rings. The SMILES string of the molecule is CCCCCCCCCCCCCC(=O)NC(=S)Nc1ccc(S(=O)(=O)NCc2ccccc2)cc1. The smallest absolute Gasteiger partial charge is 0.240 e. The zero-order chi connectivity index (χ0) is 26.1. The van der Waals surface area contributed by atoms with Gasteiger partial charge in [-0.1, -0.05) is 101 Å². The summed E-state index contributed by atoms with van der Waals surface area (Å²) in [6.45, 7) is 2.46. The van der Waals surface area contributed by atoms with E-state index in [0.29, 0.717) is 12.1 Å². The van der Waals surface area contributed by atoms with Crippen LogP contribution in [0.25, 0.3) is 0 Å². The number of hydrogen-bond donors (Lipinski definition) is 3. The summed E-state index contributed by atoms with van der Waals surface area (Å²) < 4.78 is 27.6. The third-order valence-corrected chi connectivity index (χ3v) is 7.61. The number of carbonyl (C=O) groups is 1. The lowest BCUT2D eigenvalue weighted by atomic mass is 10.1. The highest BCUT2D eigenvalue weighted by Crippen LogP contribution is 2.15. The maximum absolute atomic E-state index is 12.5. The van der Waals surface area contributed by atoms with Gasteiger partial charge in [0.15, 0.2) is 5.11 Å². The molecule has 0 bridgehead atoms. The molecule has 198 valence electrons. The highest BCUT2D eigenvalue weighted by atomic mass is 32.2. The van der Waals surface area contributed by atoms with E-state index in [9.17, 15) is 13.2 Å². The van der Waals surface area contributed by atoms with E-state index in [-0.39, 0.29) is 22.5 Å². The average molecular weight is 532 g/mol. The van der Waals surface area contributed by atoms with Gasteiger partial charge >= 0.3 is 0 Å². The van der Waals surface area contributed by atoms with Crippen LogP contribution in [-0.4, -0.2) is 19.4 Å². The van der Waals surface area contributed by atoms with Crippen molar-refractivity contribution in [1.82, 2.24) is 10.0 Å². The van der Waals surface area contributed by atoms with Crippen LogP contribution in [0.3, 0.4) is 0 Å². The second-order valence-electron chi connectivity index (χ2n) is 9.12. The lowest BCUT2D eigenvalue weighted by Crippen LogP contribution is -2.33. The molecular weight excluding hydrogens is 490 g/mol. The Kier molecular flexibility index (Phi) is 14.3. The Balaban J connectivity index is 1.60. The lowest BCUT2D eigenvalue weighted by molar-refractivity contribution is -0.119. The number of thiocarbonyl (C=S) groups is 1. The molecule has 0 radical (unpaired) electrons. The molecule has 1 amide bonds. The minimum absolute atomic E-state index is 0.104. The number of benzene rings is 2. The molecule has 0 aliphatic carbocycles. The standard InChI is InChI=1S/C28H41N3O3S2/c1-2-3-4-5-6-7-8-9-10-11-15-18-27(32)31-28(35)30-25-19-21-26(22-20-25)36(33,34)29-23-24-16-13-12-14-17-24/h12-14,16-17,19-22,29H,2-11,15,18,23H2,1H3,(H2,30,31,32,35). The van der Waals surface area contributed by atoms with Gasteiger partial charge in [-0.2, -0.15) is 0 Å². The second kappa shape index (κ2) is 17.2. The van der Waals surface area contributed by atoms with E-state index < -0.39 is 10.0 Å². The molecule has 6 nitrogen and oxygen atoms in total. The minimum Gasteiger partial charge on any atom is -0.332 e. The largest absolute Gasteiger partial charge is 0.332 e. The van der Waals surface area contributed by atoms with Crippen LogP contribution in [0.1, 0.15) is 89.5 Å². The molecule has 0 saturated heterocycles. The van der Waals surface area contributed by atoms with Crippen molar-refractivity contribution in [1.29, 1.82) is 0 Å². The number of nitrogens with one attached hydrogen (secondary N) is 3. The van der Waals surface area contributed by atoms with Crippen molar-refractivity contribution >= 4 is 38.9 Å². The number of amides is 1. The number of anilines is 1. The number of carbonyl (C=O) groups excluding carboxylic acids is 1. The third kappa shape index (κ3) is 12.6. The molecule has 2 rings (SSSR count). The van der Waals surface area contributed by atoms with Gasteiger partial charge in [0.25, 0.3) is 0 Å². The van der Waals surface area contributed by atoms with Gasteiger partial charge in [-0.25, -0.2) is 13.1 Å². The molecule has 0 fully saturated rings. The summed E-state index contributed by atoms with van der Waals surface area (Å²) in [5.41, 5.74) is 1.49. The summed E-state index contributed by atoms with van der Waals surface area (Å²) in [4.78, 5) is 12.3. The van der Waals surface area contributed by atoms with E-state index in [2.05, 4.69) is 22.3 Å². The van der Waals surface area contributed by atoms with Gasteiger partial charge in [0.1, 0.15) is 0 Å². The van der Waals surface area contributed by atoms with Crippen molar-refractivity contribution in [2.75, 3.05) is 5.32 Å². The predicted molar refractivity (Wildman–Crippen MR) is 152 cm³/mol. The molecule has 0 atom stereocenters. The fraction of sp³-hybridized carbons (Fsp3) is 0.500. The first-order chi connectivity index (χ1) is 17.4. The summed E-state index contributed by atoms with van der Waals surface area (Å²) in [5, 5.41) is 5.84. The summed E-state index contributed by atoms with van der Waals surface area (Å²) in [7, 11) is -3.63. The Morgan fingerprint density at radius 1 is 0.778 bits per heavy atom. The Hall–Kier alpha value is -2.29. The van der Waals surface area contributed by atoms with Crippen LogP contribution in [0.15, 0.2) is 59.5 Å². The lowest BCUT2D eigenvalue weighted by Gasteiger charge is -2.11. The summed E-state index contributed by atoms with van der Waals surface area (Å²) in [5.74, 6) is -0.104. The molecule has 0 spiro atoms. The second-order valence-corrected chi connectivity index (χ2v) is 11.3. The molecule has 2 aromatic carbocycles. The Labute approximate surface area is 222 Å². The molecule has 2 aromatic rings. The van der Waals surface area contributed by atoms with Gasteiger partial charge in [0, 0.05) is 18.7 Å². The number of sulfonamides is 1. The van der Waals surface area contributed by atoms with Crippen molar-refractivity contribution in [3.8, 4) is 0 Å². The highest BCUT2D eigenvalue weighted by molar-refractivity contribution is 7.89. The first kappa shape index (κ1) is 29.9. The molecule has 0 aromatic heterocycles. The van der Waals surface area contributed by atoms with Crippen LogP contribution in [0, 0.1) is 0 Å². The van der Waals surface area contributed by atoms with Gasteiger partial charge in [0.05, 0.1) is 4.90 Å². The van der Waals surface area contributed by atoms with Crippen LogP contribution in [-0.2, 0) is 21.4 Å². The van der Waals surface area contributed by atoms with Crippen LogP contribution < -0.4 is 15.4 Å². The first-order valence-corrected chi connectivity index (χ1v) is 15.0. The van der Waals surface area contributed by atoms with Gasteiger partial charge in [-0.05, 0) is 48.5 Å². The minimum atomic E-state index is -3.63. The predicted octanol–water partition coefficient (Wildman–Crippen LogP) is 6.68. The topological polar surface area (TPSA) is 87.3 Å². The zero-order valence-electron chi connectivity index (χ0n) is 21.4. The Morgan fingerprint density at radius 2 is 1.33 bits per heavy atom. The number of unbranched alkanes of at least 4 members (excludes halogenated alkanes) is 10. The normalized spacial score (nSPS) is 11.2. The summed E-state index contributed by atoms with van der Waals surface area (Å²) >= 11 is 5.23. The van der Waals surface area contributed by atoms with Crippen LogP contribution in [0.5, 0.6) is 0 Å². The summed E-state index contributed by atoms with van der Waals surface area (Å²) in [6.07, 6.45) is 14.1. The third-order valence-electron chi connectivity index (χ3n) is 5.99. The van der Waals surface area contributed by atoms with Gasteiger partial charge in [0.2, 0.25) is 15.9 Å². The van der Waals surface area contributed by atoms with E-state index >= 15 is 0 Å². The Bertz CT molecular complexity index is 1010. The quantitative estimate of drug-likeness (QED) is 0.157. The molecule has 0 saturated carbocycles. The van der Waals surface area contributed by atoms with Crippen LogP contribution in [0.4, 0.5) is 5.69 Å². The summed E-state index contributed by atoms with van der Waals surface area (Å²) in [6, 6.07) is 15.6. The monoisotopic (exact) mass is 531 g/mol. The van der Waals surface area contributed by atoms with E-state index in [1.807, 2.05) is 30.3 Å². The number of hydrogen-bond acceptors (Lipinski definition) is 4. The van der Waals surface area contributed by atoms with Gasteiger partial charge in [-0.3, -0.25) is 4.79 Å². The molecular formula is C28H41N3O3S2. The van der Waals surface area contributed by atoms with E-state index in [1.165, 1.54) is 69.9 Å². The molecule has 0 unspecified atom stereocenters. The maximum Gasteiger partial charge on any atom is 0.240 e. The zero-order valence-corrected chi connectivity index (χ0v) is 23.1. The average Bonchev–Trinajstić information content (AvgIpc) is 2.87. The maximum atomic E-state index is 12.5.